The van der Waals surface area contributed by atoms with Crippen LogP contribution in [0.25, 0.3) is 0 Å². The Bertz CT molecular complexity index is 539. The van der Waals surface area contributed by atoms with E-state index >= 15 is 0 Å². The van der Waals surface area contributed by atoms with Gasteiger partial charge in [0, 0.05) is 12.5 Å². The van der Waals surface area contributed by atoms with Crippen LogP contribution in [0.3, 0.4) is 0 Å². The molecule has 1 fully saturated rings. The van der Waals surface area contributed by atoms with Gasteiger partial charge in [0.1, 0.15) is 0 Å². The summed E-state index contributed by atoms with van der Waals surface area (Å²) in [6, 6.07) is 1.96. The van der Waals surface area contributed by atoms with Crippen LogP contribution in [0.15, 0.2) is 6.07 Å². The summed E-state index contributed by atoms with van der Waals surface area (Å²) in [5.74, 6) is -0.953. The molecule has 0 radical (unpaired) electrons. The molecule has 0 spiro atoms. The molecule has 1 aliphatic rings. The second-order valence-corrected chi connectivity index (χ2v) is 7.94. The lowest BCUT2D eigenvalue weighted by Gasteiger charge is -2.26. The van der Waals surface area contributed by atoms with E-state index in [4.69, 9.17) is 28.3 Å². The van der Waals surface area contributed by atoms with Crippen molar-refractivity contribution in [3.63, 3.8) is 0 Å². The monoisotopic (exact) mass is 363 g/mol. The van der Waals surface area contributed by atoms with Crippen molar-refractivity contribution in [1.29, 1.82) is 0 Å². The second-order valence-electron chi connectivity index (χ2n) is 5.66. The van der Waals surface area contributed by atoms with Gasteiger partial charge >= 0.3 is 5.97 Å². The van der Waals surface area contributed by atoms with Crippen molar-refractivity contribution in [2.75, 3.05) is 0 Å². The van der Waals surface area contributed by atoms with E-state index in [-0.39, 0.29) is 17.9 Å². The fraction of sp³-hybridized carbons (Fsp3) is 0.600. The number of aryl methyl sites for hydroxylation is 1. The highest BCUT2D eigenvalue weighted by atomic mass is 35.5. The zero-order chi connectivity index (χ0) is 16.1. The molecule has 0 aliphatic heterocycles. The van der Waals surface area contributed by atoms with E-state index in [1.807, 2.05) is 6.07 Å². The number of nitrogens with one attached hydrogen (secondary N) is 1. The summed E-state index contributed by atoms with van der Waals surface area (Å²) in [6.45, 7) is 0. The molecule has 1 aromatic heterocycles. The Labute approximate surface area is 143 Å². The number of halogens is 2. The number of hydrogen-bond donors (Lipinski definition) is 2. The molecule has 0 bridgehead atoms. The third-order valence-electron chi connectivity index (χ3n) is 4.02. The normalized spacial score (nSPS) is 21.5. The summed E-state index contributed by atoms with van der Waals surface area (Å²) in [4.78, 5) is 22.8. The maximum Gasteiger partial charge on any atom is 0.306 e. The minimum Gasteiger partial charge on any atom is -0.481 e. The molecule has 1 amide bonds. The Balaban J connectivity index is 1.66. The highest BCUT2D eigenvalue weighted by Crippen LogP contribution is 2.32. The zero-order valence-corrected chi connectivity index (χ0v) is 14.4. The second kappa shape index (κ2) is 8.18. The van der Waals surface area contributed by atoms with Crippen molar-refractivity contribution in [3.05, 3.63) is 20.3 Å². The van der Waals surface area contributed by atoms with Gasteiger partial charge in [0.05, 0.1) is 14.6 Å². The van der Waals surface area contributed by atoms with Gasteiger partial charge in [-0.2, -0.15) is 0 Å². The van der Waals surface area contributed by atoms with Gasteiger partial charge in [0.2, 0.25) is 5.91 Å². The molecule has 0 saturated heterocycles. The summed E-state index contributed by atoms with van der Waals surface area (Å²) in [5, 5.41) is 11.9. The van der Waals surface area contributed by atoms with Gasteiger partial charge in [-0.25, -0.2) is 0 Å². The molecule has 4 nitrogen and oxygen atoms in total. The molecule has 1 saturated carbocycles. The molecule has 0 atom stereocenters. The maximum absolute atomic E-state index is 11.9. The van der Waals surface area contributed by atoms with E-state index in [1.165, 1.54) is 11.3 Å². The van der Waals surface area contributed by atoms with Crippen LogP contribution in [0.2, 0.25) is 8.67 Å². The number of amides is 1. The molecule has 0 unspecified atom stereocenters. The van der Waals surface area contributed by atoms with Gasteiger partial charge in [-0.3, -0.25) is 9.59 Å². The predicted octanol–water partition coefficient (Wildman–Crippen LogP) is 4.14. The molecule has 2 rings (SSSR count). The number of carboxylic acids is 1. The van der Waals surface area contributed by atoms with Gasteiger partial charge in [0.15, 0.2) is 0 Å². The number of aliphatic carboxylic acids is 1. The third kappa shape index (κ3) is 5.14. The lowest BCUT2D eigenvalue weighted by molar-refractivity contribution is -0.142. The van der Waals surface area contributed by atoms with Crippen LogP contribution in [0, 0.1) is 5.92 Å². The van der Waals surface area contributed by atoms with Gasteiger partial charge in [-0.15, -0.1) is 11.3 Å². The van der Waals surface area contributed by atoms with Gasteiger partial charge < -0.3 is 10.4 Å². The van der Waals surface area contributed by atoms with E-state index in [2.05, 4.69) is 5.32 Å². The Morgan fingerprint density at radius 3 is 2.50 bits per heavy atom. The molecule has 0 aromatic carbocycles. The van der Waals surface area contributed by atoms with E-state index in [0.29, 0.717) is 27.9 Å². The Morgan fingerprint density at radius 2 is 1.95 bits per heavy atom. The quantitative estimate of drug-likeness (QED) is 0.797. The first-order valence-corrected chi connectivity index (χ1v) is 8.99. The molecule has 22 heavy (non-hydrogen) atoms. The van der Waals surface area contributed by atoms with Crippen LogP contribution in [-0.2, 0) is 16.0 Å². The van der Waals surface area contributed by atoms with Crippen molar-refractivity contribution in [3.8, 4) is 0 Å². The summed E-state index contributed by atoms with van der Waals surface area (Å²) >= 11 is 13.3. The molecular formula is C15H19Cl2NO3S. The van der Waals surface area contributed by atoms with Crippen molar-refractivity contribution >= 4 is 46.4 Å². The van der Waals surface area contributed by atoms with Crippen LogP contribution in [0.4, 0.5) is 0 Å². The molecule has 1 aromatic rings. The topological polar surface area (TPSA) is 66.4 Å². The lowest BCUT2D eigenvalue weighted by atomic mass is 9.86. The SMILES string of the molecule is O=C(CCCc1cc(Cl)sc1Cl)NC1CCC(C(=O)O)CC1. The van der Waals surface area contributed by atoms with Crippen molar-refractivity contribution in [1.82, 2.24) is 5.32 Å². The summed E-state index contributed by atoms with van der Waals surface area (Å²) in [6.07, 6.45) is 4.68. The van der Waals surface area contributed by atoms with Crippen LogP contribution in [-0.4, -0.2) is 23.0 Å². The molecule has 2 N–H and O–H groups in total. The van der Waals surface area contributed by atoms with Crippen molar-refractivity contribution < 1.29 is 14.7 Å². The average molecular weight is 364 g/mol. The summed E-state index contributed by atoms with van der Waals surface area (Å²) in [7, 11) is 0. The smallest absolute Gasteiger partial charge is 0.306 e. The largest absolute Gasteiger partial charge is 0.481 e. The first-order valence-electron chi connectivity index (χ1n) is 7.41. The lowest BCUT2D eigenvalue weighted by Crippen LogP contribution is -2.38. The Morgan fingerprint density at radius 1 is 1.27 bits per heavy atom. The highest BCUT2D eigenvalue weighted by Gasteiger charge is 2.26. The average Bonchev–Trinajstić information content (AvgIpc) is 2.77. The third-order valence-corrected chi connectivity index (χ3v) is 5.59. The van der Waals surface area contributed by atoms with Crippen molar-refractivity contribution in [2.24, 2.45) is 5.92 Å². The van der Waals surface area contributed by atoms with E-state index in [0.717, 1.165) is 31.2 Å². The van der Waals surface area contributed by atoms with E-state index in [9.17, 15) is 9.59 Å². The molecule has 122 valence electrons. The number of hydrogen-bond acceptors (Lipinski definition) is 3. The number of carbonyl (C=O) groups excluding carboxylic acids is 1. The van der Waals surface area contributed by atoms with Crippen LogP contribution < -0.4 is 5.32 Å². The Hall–Kier alpha value is -0.780. The van der Waals surface area contributed by atoms with Crippen LogP contribution in [0.5, 0.6) is 0 Å². The first kappa shape index (κ1) is 17.6. The first-order chi connectivity index (χ1) is 10.5. The van der Waals surface area contributed by atoms with E-state index in [1.54, 1.807) is 0 Å². The summed E-state index contributed by atoms with van der Waals surface area (Å²) < 4.78 is 1.36. The van der Waals surface area contributed by atoms with Gasteiger partial charge in [-0.05, 0) is 50.2 Å². The minimum absolute atomic E-state index is 0.0243. The Kier molecular flexibility index (Phi) is 6.53. The highest BCUT2D eigenvalue weighted by molar-refractivity contribution is 7.20. The van der Waals surface area contributed by atoms with Gasteiger partial charge in [-0.1, -0.05) is 23.2 Å². The fourth-order valence-corrected chi connectivity index (χ4v) is 4.31. The molecule has 1 heterocycles. The maximum atomic E-state index is 11.9. The number of rotatable bonds is 6. The van der Waals surface area contributed by atoms with E-state index < -0.39 is 5.97 Å². The van der Waals surface area contributed by atoms with Crippen LogP contribution in [0.1, 0.15) is 44.1 Å². The minimum atomic E-state index is -0.726. The number of carboxylic acid groups (broad SMARTS) is 1. The number of thiophene rings is 1. The predicted molar refractivity (Wildman–Crippen MR) is 88.8 cm³/mol. The zero-order valence-electron chi connectivity index (χ0n) is 12.1. The number of carbonyl (C=O) groups is 2. The molecule has 1 aliphatic carbocycles. The molecular weight excluding hydrogens is 345 g/mol. The van der Waals surface area contributed by atoms with Crippen molar-refractivity contribution in [2.45, 2.75) is 51.0 Å². The summed E-state index contributed by atoms with van der Waals surface area (Å²) in [5.41, 5.74) is 0.992. The fourth-order valence-electron chi connectivity index (χ4n) is 2.77. The van der Waals surface area contributed by atoms with Crippen LogP contribution >= 0.6 is 34.5 Å². The standard InChI is InChI=1S/C15H19Cl2NO3S/c16-12-8-10(14(17)22-12)2-1-3-13(19)18-11-6-4-9(5-7-11)15(20)21/h8-9,11H,1-7H2,(H,18,19)(H,20,21). The molecule has 7 heteroatoms. The van der Waals surface area contributed by atoms with Gasteiger partial charge in [0.25, 0.3) is 0 Å².